The molecule has 0 bridgehead atoms. The Morgan fingerprint density at radius 1 is 0.388 bits per heavy atom. The molecule has 49 heavy (non-hydrogen) atoms. The zero-order valence-corrected chi connectivity index (χ0v) is 26.6. The predicted octanol–water partition coefficient (Wildman–Crippen LogP) is 12.0. The van der Waals surface area contributed by atoms with Gasteiger partial charge in [-0.25, -0.2) is 9.97 Å². The maximum atomic E-state index is 5.50. The summed E-state index contributed by atoms with van der Waals surface area (Å²) in [5.74, 6) is 0.720. The maximum absolute atomic E-state index is 5.50. The van der Waals surface area contributed by atoms with Crippen molar-refractivity contribution < 1.29 is 0 Å². The minimum absolute atomic E-state index is 0.720. The molecule has 0 spiro atoms. The molecule has 8 aromatic carbocycles. The van der Waals surface area contributed by atoms with Gasteiger partial charge < -0.3 is 4.57 Å². The van der Waals surface area contributed by atoms with Crippen LogP contribution in [0.5, 0.6) is 0 Å². The molecule has 0 saturated heterocycles. The summed E-state index contributed by atoms with van der Waals surface area (Å²) in [6.45, 7) is 0. The van der Waals surface area contributed by atoms with Crippen molar-refractivity contribution in [2.75, 3.05) is 0 Å². The molecule has 228 valence electrons. The lowest BCUT2D eigenvalue weighted by molar-refractivity contribution is 1.18. The molecule has 0 saturated carbocycles. The SMILES string of the molecule is c1ccc(-c2cc(-c3cccc4c3c3ccccc3n4-c3ccccc3)nc(-c3c4ccccc4cc4c3ccc3ccccc34)n2)cc1. The van der Waals surface area contributed by atoms with Gasteiger partial charge in [-0.3, -0.25) is 0 Å². The molecule has 3 nitrogen and oxygen atoms in total. The van der Waals surface area contributed by atoms with Crippen molar-refractivity contribution in [3.63, 3.8) is 0 Å². The molecular weight excluding hydrogens is 595 g/mol. The van der Waals surface area contributed by atoms with E-state index in [1.165, 1.54) is 37.8 Å². The summed E-state index contributed by atoms with van der Waals surface area (Å²) >= 11 is 0. The molecule has 2 aromatic heterocycles. The van der Waals surface area contributed by atoms with Crippen LogP contribution in [0.15, 0.2) is 176 Å². The molecule has 0 fully saturated rings. The fourth-order valence-electron chi connectivity index (χ4n) is 7.60. The molecule has 10 rings (SSSR count). The van der Waals surface area contributed by atoms with Crippen LogP contribution in [0.25, 0.3) is 93.7 Å². The van der Waals surface area contributed by atoms with Gasteiger partial charge in [0, 0.05) is 33.2 Å². The van der Waals surface area contributed by atoms with Crippen molar-refractivity contribution in [1.29, 1.82) is 0 Å². The summed E-state index contributed by atoms with van der Waals surface area (Å²) in [4.78, 5) is 10.9. The minimum atomic E-state index is 0.720. The molecule has 2 heterocycles. The van der Waals surface area contributed by atoms with E-state index in [2.05, 4.69) is 180 Å². The Morgan fingerprint density at radius 2 is 1.04 bits per heavy atom. The van der Waals surface area contributed by atoms with E-state index >= 15 is 0 Å². The van der Waals surface area contributed by atoms with Gasteiger partial charge in [0.1, 0.15) is 0 Å². The third-order valence-electron chi connectivity index (χ3n) is 9.78. The van der Waals surface area contributed by atoms with E-state index in [1.54, 1.807) is 0 Å². The lowest BCUT2D eigenvalue weighted by atomic mass is 9.92. The number of fused-ring (bicyclic) bond motifs is 7. The monoisotopic (exact) mass is 623 g/mol. The molecule has 0 unspecified atom stereocenters. The maximum Gasteiger partial charge on any atom is 0.161 e. The van der Waals surface area contributed by atoms with Gasteiger partial charge in [-0.15, -0.1) is 0 Å². The van der Waals surface area contributed by atoms with Crippen LogP contribution in [0.1, 0.15) is 0 Å². The Bertz CT molecular complexity index is 2870. The van der Waals surface area contributed by atoms with Crippen LogP contribution >= 0.6 is 0 Å². The third-order valence-corrected chi connectivity index (χ3v) is 9.78. The molecule has 0 aliphatic heterocycles. The number of benzene rings is 8. The van der Waals surface area contributed by atoms with E-state index in [0.29, 0.717) is 0 Å². The highest BCUT2D eigenvalue weighted by atomic mass is 15.0. The first-order chi connectivity index (χ1) is 24.3. The average Bonchev–Trinajstić information content (AvgIpc) is 3.52. The van der Waals surface area contributed by atoms with Crippen LogP contribution in [0.3, 0.4) is 0 Å². The van der Waals surface area contributed by atoms with E-state index < -0.39 is 0 Å². The smallest absolute Gasteiger partial charge is 0.161 e. The largest absolute Gasteiger partial charge is 0.309 e. The van der Waals surface area contributed by atoms with Crippen LogP contribution in [-0.2, 0) is 0 Å². The highest BCUT2D eigenvalue weighted by molar-refractivity contribution is 6.20. The number of hydrogen-bond donors (Lipinski definition) is 0. The summed E-state index contributed by atoms with van der Waals surface area (Å²) in [5, 5.41) is 9.48. The lowest BCUT2D eigenvalue weighted by Gasteiger charge is -2.15. The predicted molar refractivity (Wildman–Crippen MR) is 205 cm³/mol. The lowest BCUT2D eigenvalue weighted by Crippen LogP contribution is -1.98. The van der Waals surface area contributed by atoms with E-state index in [1.807, 2.05) is 0 Å². The van der Waals surface area contributed by atoms with Gasteiger partial charge in [0.05, 0.1) is 22.4 Å². The van der Waals surface area contributed by atoms with Crippen LogP contribution in [0, 0.1) is 0 Å². The summed E-state index contributed by atoms with van der Waals surface area (Å²) in [6.07, 6.45) is 0. The first-order valence-corrected chi connectivity index (χ1v) is 16.7. The van der Waals surface area contributed by atoms with Crippen molar-refractivity contribution in [2.45, 2.75) is 0 Å². The molecule has 3 heteroatoms. The Balaban J connectivity index is 1.32. The van der Waals surface area contributed by atoms with Gasteiger partial charge in [-0.2, -0.15) is 0 Å². The van der Waals surface area contributed by atoms with Gasteiger partial charge in [0.2, 0.25) is 0 Å². The first kappa shape index (κ1) is 27.5. The molecule has 0 radical (unpaired) electrons. The molecule has 0 N–H and O–H groups in total. The first-order valence-electron chi connectivity index (χ1n) is 16.7. The highest BCUT2D eigenvalue weighted by Gasteiger charge is 2.20. The van der Waals surface area contributed by atoms with Crippen molar-refractivity contribution in [1.82, 2.24) is 14.5 Å². The van der Waals surface area contributed by atoms with E-state index in [9.17, 15) is 0 Å². The van der Waals surface area contributed by atoms with Crippen LogP contribution in [0.4, 0.5) is 0 Å². The molecule has 10 aromatic rings. The van der Waals surface area contributed by atoms with Gasteiger partial charge in [-0.05, 0) is 68.7 Å². The van der Waals surface area contributed by atoms with E-state index in [-0.39, 0.29) is 0 Å². The van der Waals surface area contributed by atoms with Crippen molar-refractivity contribution in [2.24, 2.45) is 0 Å². The van der Waals surface area contributed by atoms with E-state index in [0.717, 1.165) is 55.9 Å². The summed E-state index contributed by atoms with van der Waals surface area (Å²) < 4.78 is 2.36. The fourth-order valence-corrected chi connectivity index (χ4v) is 7.60. The van der Waals surface area contributed by atoms with Gasteiger partial charge >= 0.3 is 0 Å². The van der Waals surface area contributed by atoms with Crippen molar-refractivity contribution in [3.8, 4) is 39.6 Å². The van der Waals surface area contributed by atoms with Crippen LogP contribution in [-0.4, -0.2) is 14.5 Å². The Morgan fingerprint density at radius 3 is 1.88 bits per heavy atom. The quantitative estimate of drug-likeness (QED) is 0.144. The van der Waals surface area contributed by atoms with Gasteiger partial charge in [-0.1, -0.05) is 140 Å². The topological polar surface area (TPSA) is 30.7 Å². The number of nitrogens with zero attached hydrogens (tertiary/aromatic N) is 3. The normalized spacial score (nSPS) is 11.7. The molecular formula is C46H29N3. The van der Waals surface area contributed by atoms with Crippen molar-refractivity contribution >= 4 is 54.1 Å². The summed E-state index contributed by atoms with van der Waals surface area (Å²) in [7, 11) is 0. The second kappa shape index (κ2) is 11.0. The zero-order valence-electron chi connectivity index (χ0n) is 26.6. The third kappa shape index (κ3) is 4.37. The van der Waals surface area contributed by atoms with E-state index in [4.69, 9.17) is 9.97 Å². The second-order valence-corrected chi connectivity index (χ2v) is 12.6. The van der Waals surface area contributed by atoms with Crippen LogP contribution in [0.2, 0.25) is 0 Å². The minimum Gasteiger partial charge on any atom is -0.309 e. The molecule has 0 atom stereocenters. The molecule has 0 aliphatic carbocycles. The number of para-hydroxylation sites is 2. The Labute approximate surface area is 283 Å². The number of aromatic nitrogens is 3. The van der Waals surface area contributed by atoms with Crippen molar-refractivity contribution in [3.05, 3.63) is 176 Å². The fraction of sp³-hybridized carbons (Fsp3) is 0. The van der Waals surface area contributed by atoms with Gasteiger partial charge in [0.15, 0.2) is 5.82 Å². The summed E-state index contributed by atoms with van der Waals surface area (Å²) in [5.41, 5.74) is 8.43. The second-order valence-electron chi connectivity index (χ2n) is 12.6. The zero-order chi connectivity index (χ0) is 32.3. The summed E-state index contributed by atoms with van der Waals surface area (Å²) in [6, 6.07) is 62.5. The Hall–Kier alpha value is -6.58. The number of rotatable bonds is 4. The molecule has 0 amide bonds. The average molecular weight is 624 g/mol. The highest BCUT2D eigenvalue weighted by Crippen LogP contribution is 2.42. The molecule has 0 aliphatic rings. The van der Waals surface area contributed by atoms with Gasteiger partial charge in [0.25, 0.3) is 0 Å². The Kier molecular flexibility index (Phi) is 6.18. The standard InChI is InChI=1S/C46H29N3/c1-3-15-31(16-4-1)40-29-41(37-23-13-25-43-44(37)38-22-11-12-24-42(38)49(43)33-18-5-2-6-19-33)48-46(47-40)45-35-21-10-8-17-32(35)28-39-34-20-9-7-14-30(34)26-27-36(39)45/h1-29H. The number of hydrogen-bond acceptors (Lipinski definition) is 2. The van der Waals surface area contributed by atoms with Crippen LogP contribution < -0.4 is 0 Å².